The van der Waals surface area contributed by atoms with Gasteiger partial charge in [-0.3, -0.25) is 0 Å². The van der Waals surface area contributed by atoms with E-state index < -0.39 is 0 Å². The molecule has 0 heteroatoms. The van der Waals surface area contributed by atoms with Crippen LogP contribution in [0.3, 0.4) is 0 Å². The summed E-state index contributed by atoms with van der Waals surface area (Å²) in [7, 11) is 0. The smallest absolute Gasteiger partial charge is 0.0161 e. The third-order valence-electron chi connectivity index (χ3n) is 2.91. The van der Waals surface area contributed by atoms with Crippen LogP contribution >= 0.6 is 0 Å². The fourth-order valence-corrected chi connectivity index (χ4v) is 1.73. The van der Waals surface area contributed by atoms with Crippen LogP contribution < -0.4 is 0 Å². The van der Waals surface area contributed by atoms with Gasteiger partial charge >= 0.3 is 0 Å². The van der Waals surface area contributed by atoms with Gasteiger partial charge in [0.15, 0.2) is 0 Å². The maximum Gasteiger partial charge on any atom is -0.0161 e. The highest BCUT2D eigenvalue weighted by molar-refractivity contribution is 5.54. The molecule has 0 radical (unpaired) electrons. The van der Waals surface area contributed by atoms with Gasteiger partial charge in [0.1, 0.15) is 0 Å². The first-order valence-corrected chi connectivity index (χ1v) is 5.17. The van der Waals surface area contributed by atoms with Crippen molar-refractivity contribution in [3.63, 3.8) is 0 Å². The monoisotopic (exact) mass is 184 g/mol. The van der Waals surface area contributed by atoms with Gasteiger partial charge in [-0.1, -0.05) is 42.5 Å². The summed E-state index contributed by atoms with van der Waals surface area (Å²) in [6.07, 6.45) is 7.90. The molecular formula is C14H16. The second-order valence-electron chi connectivity index (χ2n) is 4.01. The summed E-state index contributed by atoms with van der Waals surface area (Å²) >= 11 is 0. The van der Waals surface area contributed by atoms with E-state index in [2.05, 4.69) is 56.0 Å². The Morgan fingerprint density at radius 1 is 1.29 bits per heavy atom. The molecule has 2 unspecified atom stereocenters. The lowest BCUT2D eigenvalue weighted by Crippen LogP contribution is -1.78. The first-order chi connectivity index (χ1) is 6.81. The molecule has 72 valence electrons. The third kappa shape index (κ3) is 1.95. The lowest BCUT2D eigenvalue weighted by Gasteiger charge is -1.97. The van der Waals surface area contributed by atoms with Crippen molar-refractivity contribution in [1.82, 2.24) is 0 Å². The summed E-state index contributed by atoms with van der Waals surface area (Å²) in [5, 5.41) is 0. The van der Waals surface area contributed by atoms with E-state index in [0.717, 1.165) is 11.8 Å². The van der Waals surface area contributed by atoms with Gasteiger partial charge in [0.2, 0.25) is 0 Å². The molecule has 1 aromatic rings. The molecule has 1 aliphatic carbocycles. The normalized spacial score (nSPS) is 25.2. The largest absolute Gasteiger partial charge is 0.103 e. The Bertz CT molecular complexity index is 360. The van der Waals surface area contributed by atoms with Crippen molar-refractivity contribution >= 4 is 6.08 Å². The summed E-state index contributed by atoms with van der Waals surface area (Å²) in [6, 6.07) is 8.48. The van der Waals surface area contributed by atoms with Crippen LogP contribution in [-0.2, 0) is 0 Å². The van der Waals surface area contributed by atoms with Crippen molar-refractivity contribution in [1.29, 1.82) is 0 Å². The van der Waals surface area contributed by atoms with Gasteiger partial charge in [0.05, 0.1) is 0 Å². The molecule has 1 aromatic carbocycles. The summed E-state index contributed by atoms with van der Waals surface area (Å²) in [6.45, 7) is 5.96. The summed E-state index contributed by atoms with van der Waals surface area (Å²) in [5.41, 5.74) is 2.68. The lowest BCUT2D eigenvalue weighted by atomic mass is 10.1. The van der Waals surface area contributed by atoms with Crippen LogP contribution in [0.15, 0.2) is 43.0 Å². The van der Waals surface area contributed by atoms with E-state index in [1.165, 1.54) is 17.5 Å². The zero-order chi connectivity index (χ0) is 9.97. The number of hydrogen-bond donors (Lipinski definition) is 0. The average molecular weight is 184 g/mol. The van der Waals surface area contributed by atoms with Crippen LogP contribution in [0.1, 0.15) is 17.5 Å². The summed E-state index contributed by atoms with van der Waals surface area (Å²) in [5.74, 6) is 1.47. The second kappa shape index (κ2) is 3.83. The zero-order valence-electron chi connectivity index (χ0n) is 8.61. The summed E-state index contributed by atoms with van der Waals surface area (Å²) < 4.78 is 0. The van der Waals surface area contributed by atoms with Gasteiger partial charge < -0.3 is 0 Å². The minimum atomic E-state index is 0.732. The molecule has 0 spiro atoms. The molecular weight excluding hydrogens is 168 g/mol. The van der Waals surface area contributed by atoms with Crippen molar-refractivity contribution in [3.05, 3.63) is 54.1 Å². The first kappa shape index (κ1) is 9.26. The van der Waals surface area contributed by atoms with Gasteiger partial charge in [-0.2, -0.15) is 0 Å². The van der Waals surface area contributed by atoms with Gasteiger partial charge in [0, 0.05) is 0 Å². The SMILES string of the molecule is C=CC1CC1/C=C/c1ccccc1C. The molecule has 0 aliphatic heterocycles. The number of hydrogen-bond acceptors (Lipinski definition) is 0. The van der Waals surface area contributed by atoms with Crippen molar-refractivity contribution < 1.29 is 0 Å². The molecule has 2 rings (SSSR count). The third-order valence-corrected chi connectivity index (χ3v) is 2.91. The fraction of sp³-hybridized carbons (Fsp3) is 0.286. The van der Waals surface area contributed by atoms with Crippen molar-refractivity contribution in [2.45, 2.75) is 13.3 Å². The molecule has 0 N–H and O–H groups in total. The van der Waals surface area contributed by atoms with E-state index in [0.29, 0.717) is 0 Å². The van der Waals surface area contributed by atoms with Crippen molar-refractivity contribution in [3.8, 4) is 0 Å². The second-order valence-corrected chi connectivity index (χ2v) is 4.01. The van der Waals surface area contributed by atoms with Crippen LogP contribution in [0.2, 0.25) is 0 Å². The van der Waals surface area contributed by atoms with Crippen molar-refractivity contribution in [2.75, 3.05) is 0 Å². The predicted molar refractivity (Wildman–Crippen MR) is 62.0 cm³/mol. The number of allylic oxidation sites excluding steroid dienone is 2. The number of rotatable bonds is 3. The molecule has 1 aliphatic rings. The van der Waals surface area contributed by atoms with Crippen molar-refractivity contribution in [2.24, 2.45) is 11.8 Å². The molecule has 0 nitrogen and oxygen atoms in total. The molecule has 0 bridgehead atoms. The zero-order valence-corrected chi connectivity index (χ0v) is 8.61. The molecule has 14 heavy (non-hydrogen) atoms. The van der Waals surface area contributed by atoms with Crippen LogP contribution in [0.4, 0.5) is 0 Å². The maximum absolute atomic E-state index is 3.81. The first-order valence-electron chi connectivity index (χ1n) is 5.17. The van der Waals surface area contributed by atoms with E-state index in [1.54, 1.807) is 0 Å². The molecule has 1 saturated carbocycles. The predicted octanol–water partition coefficient (Wildman–Crippen LogP) is 3.83. The topological polar surface area (TPSA) is 0 Å². The lowest BCUT2D eigenvalue weighted by molar-refractivity contribution is 1.00. The molecule has 0 saturated heterocycles. The highest BCUT2D eigenvalue weighted by Crippen LogP contribution is 2.40. The number of benzene rings is 1. The van der Waals surface area contributed by atoms with Gasteiger partial charge in [-0.05, 0) is 36.3 Å². The van der Waals surface area contributed by atoms with E-state index >= 15 is 0 Å². The highest BCUT2D eigenvalue weighted by Gasteiger charge is 2.31. The maximum atomic E-state index is 3.81. The Labute approximate surface area is 86.0 Å². The Hall–Kier alpha value is -1.30. The minimum absolute atomic E-state index is 0.732. The van der Waals surface area contributed by atoms with Gasteiger partial charge in [-0.25, -0.2) is 0 Å². The van der Waals surface area contributed by atoms with E-state index in [-0.39, 0.29) is 0 Å². The molecule has 0 aromatic heterocycles. The Balaban J connectivity index is 2.04. The Morgan fingerprint density at radius 2 is 2.07 bits per heavy atom. The highest BCUT2D eigenvalue weighted by atomic mass is 14.4. The fourth-order valence-electron chi connectivity index (χ4n) is 1.73. The van der Waals surface area contributed by atoms with Crippen LogP contribution in [0, 0.1) is 18.8 Å². The van der Waals surface area contributed by atoms with E-state index in [9.17, 15) is 0 Å². The molecule has 0 heterocycles. The molecule has 1 fully saturated rings. The Morgan fingerprint density at radius 3 is 2.71 bits per heavy atom. The van der Waals surface area contributed by atoms with Crippen LogP contribution in [-0.4, -0.2) is 0 Å². The number of aryl methyl sites for hydroxylation is 1. The molecule has 0 amide bonds. The van der Waals surface area contributed by atoms with Crippen LogP contribution in [0.5, 0.6) is 0 Å². The Kier molecular flexibility index (Phi) is 2.53. The van der Waals surface area contributed by atoms with Gasteiger partial charge in [0.25, 0.3) is 0 Å². The molecule has 2 atom stereocenters. The van der Waals surface area contributed by atoms with E-state index in [4.69, 9.17) is 0 Å². The minimum Gasteiger partial charge on any atom is -0.103 e. The van der Waals surface area contributed by atoms with E-state index in [1.807, 2.05) is 0 Å². The summed E-state index contributed by atoms with van der Waals surface area (Å²) in [4.78, 5) is 0. The average Bonchev–Trinajstić information content (AvgIpc) is 2.95. The standard InChI is InChI=1S/C14H16/c1-3-12-10-14(12)9-8-13-7-5-4-6-11(13)2/h3-9,12,14H,1,10H2,2H3/b9-8+. The quantitative estimate of drug-likeness (QED) is 0.626. The van der Waals surface area contributed by atoms with Crippen LogP contribution in [0.25, 0.3) is 6.08 Å². The van der Waals surface area contributed by atoms with Gasteiger partial charge in [-0.15, -0.1) is 6.58 Å².